The van der Waals surface area contributed by atoms with Gasteiger partial charge in [0.05, 0.1) is 11.8 Å². The molecule has 4 nitrogen and oxygen atoms in total. The van der Waals surface area contributed by atoms with Crippen LogP contribution in [-0.2, 0) is 9.59 Å². The molecule has 2 aliphatic rings. The molecule has 0 aromatic carbocycles. The highest BCUT2D eigenvalue weighted by atomic mass is 16.4. The lowest BCUT2D eigenvalue weighted by Crippen LogP contribution is -2.19. The zero-order valence-electron chi connectivity index (χ0n) is 7.85. The number of rotatable bonds is 2. The van der Waals surface area contributed by atoms with Gasteiger partial charge in [0, 0.05) is 0 Å². The van der Waals surface area contributed by atoms with E-state index in [1.54, 1.807) is 0 Å². The minimum absolute atomic E-state index is 0.119. The fourth-order valence-corrected chi connectivity index (χ4v) is 3.21. The third-order valence-electron chi connectivity index (χ3n) is 3.80. The van der Waals surface area contributed by atoms with Crippen molar-refractivity contribution in [2.75, 3.05) is 0 Å². The second-order valence-electron chi connectivity index (χ2n) is 4.38. The normalized spacial score (nSPS) is 40.9. The Morgan fingerprint density at radius 1 is 0.929 bits per heavy atom. The van der Waals surface area contributed by atoms with Gasteiger partial charge in [0.15, 0.2) is 0 Å². The summed E-state index contributed by atoms with van der Waals surface area (Å²) in [7, 11) is 0. The molecule has 2 fully saturated rings. The van der Waals surface area contributed by atoms with E-state index in [9.17, 15) is 9.59 Å². The minimum Gasteiger partial charge on any atom is -0.481 e. The quantitative estimate of drug-likeness (QED) is 0.699. The standard InChI is InChI=1S/C10H14O4/c11-9(12)7-4-8(10(13)14)6-3-1-2-5(6)7/h5-8H,1-4H2,(H,11,12)(H,13,14)/t5-,6+,7-,8+. The van der Waals surface area contributed by atoms with E-state index in [2.05, 4.69) is 0 Å². The maximum Gasteiger partial charge on any atom is 0.306 e. The molecule has 2 aliphatic carbocycles. The van der Waals surface area contributed by atoms with Gasteiger partial charge in [0.2, 0.25) is 0 Å². The van der Waals surface area contributed by atoms with Crippen molar-refractivity contribution in [1.82, 2.24) is 0 Å². The molecule has 2 saturated carbocycles. The smallest absolute Gasteiger partial charge is 0.306 e. The van der Waals surface area contributed by atoms with Crippen LogP contribution >= 0.6 is 0 Å². The molecule has 0 aromatic rings. The average Bonchev–Trinajstić information content (AvgIpc) is 2.59. The number of aliphatic carboxylic acids is 2. The molecule has 0 aliphatic heterocycles. The molecule has 14 heavy (non-hydrogen) atoms. The molecule has 0 aromatic heterocycles. The summed E-state index contributed by atoms with van der Waals surface area (Å²) in [5.74, 6) is -2.22. The molecule has 0 spiro atoms. The summed E-state index contributed by atoms with van der Waals surface area (Å²) >= 11 is 0. The summed E-state index contributed by atoms with van der Waals surface area (Å²) in [4.78, 5) is 21.8. The summed E-state index contributed by atoms with van der Waals surface area (Å²) in [6.45, 7) is 0. The monoisotopic (exact) mass is 198 g/mol. The van der Waals surface area contributed by atoms with Gasteiger partial charge >= 0.3 is 11.9 Å². The first-order chi connectivity index (χ1) is 6.61. The molecule has 0 heterocycles. The second-order valence-corrected chi connectivity index (χ2v) is 4.38. The van der Waals surface area contributed by atoms with E-state index >= 15 is 0 Å². The molecule has 4 heteroatoms. The van der Waals surface area contributed by atoms with Crippen molar-refractivity contribution >= 4 is 11.9 Å². The Bertz CT molecular complexity index is 247. The zero-order valence-corrected chi connectivity index (χ0v) is 7.85. The lowest BCUT2D eigenvalue weighted by atomic mass is 9.90. The molecule has 0 bridgehead atoms. The highest BCUT2D eigenvalue weighted by Crippen LogP contribution is 2.50. The van der Waals surface area contributed by atoms with Gasteiger partial charge in [-0.1, -0.05) is 6.42 Å². The molecule has 0 saturated heterocycles. The van der Waals surface area contributed by atoms with Crippen LogP contribution in [0.3, 0.4) is 0 Å². The number of fused-ring (bicyclic) bond motifs is 1. The first kappa shape index (κ1) is 9.49. The summed E-state index contributed by atoms with van der Waals surface area (Å²) in [6, 6.07) is 0. The van der Waals surface area contributed by atoms with Crippen molar-refractivity contribution in [3.05, 3.63) is 0 Å². The van der Waals surface area contributed by atoms with Crippen molar-refractivity contribution in [2.45, 2.75) is 25.7 Å². The lowest BCUT2D eigenvalue weighted by Gasteiger charge is -2.14. The van der Waals surface area contributed by atoms with Crippen LogP contribution in [0, 0.1) is 23.7 Å². The molecule has 0 radical (unpaired) electrons. The maximum atomic E-state index is 10.9. The van der Waals surface area contributed by atoms with Gasteiger partial charge in [0.25, 0.3) is 0 Å². The third-order valence-corrected chi connectivity index (χ3v) is 3.80. The number of hydrogen-bond acceptors (Lipinski definition) is 2. The van der Waals surface area contributed by atoms with E-state index in [1.165, 1.54) is 0 Å². The number of hydrogen-bond donors (Lipinski definition) is 2. The SMILES string of the molecule is O=C(O)[C@H]1C[C@@H](C(=O)O)[C@@H]2CCC[C@@H]21. The van der Waals surface area contributed by atoms with Crippen LogP contribution in [0.15, 0.2) is 0 Å². The van der Waals surface area contributed by atoms with E-state index < -0.39 is 23.8 Å². The lowest BCUT2D eigenvalue weighted by molar-refractivity contribution is -0.143. The second kappa shape index (κ2) is 3.26. The van der Waals surface area contributed by atoms with Crippen molar-refractivity contribution in [2.24, 2.45) is 23.7 Å². The highest BCUT2D eigenvalue weighted by Gasteiger charge is 2.51. The molecule has 4 atom stereocenters. The minimum atomic E-state index is -0.814. The summed E-state index contributed by atoms with van der Waals surface area (Å²) < 4.78 is 0. The van der Waals surface area contributed by atoms with E-state index in [1.807, 2.05) is 0 Å². The van der Waals surface area contributed by atoms with Crippen molar-refractivity contribution < 1.29 is 19.8 Å². The van der Waals surface area contributed by atoms with E-state index in [-0.39, 0.29) is 11.8 Å². The Labute approximate surface area is 81.9 Å². The fourth-order valence-electron chi connectivity index (χ4n) is 3.21. The molecular formula is C10H14O4. The predicted molar refractivity (Wildman–Crippen MR) is 47.7 cm³/mol. The van der Waals surface area contributed by atoms with Gasteiger partial charge < -0.3 is 10.2 Å². The van der Waals surface area contributed by atoms with Gasteiger partial charge in [-0.15, -0.1) is 0 Å². The van der Waals surface area contributed by atoms with Crippen LogP contribution in [0.1, 0.15) is 25.7 Å². The molecule has 0 unspecified atom stereocenters. The topological polar surface area (TPSA) is 74.6 Å². The fraction of sp³-hybridized carbons (Fsp3) is 0.800. The number of carboxylic acid groups (broad SMARTS) is 2. The molecule has 78 valence electrons. The van der Waals surface area contributed by atoms with Gasteiger partial charge in [-0.05, 0) is 31.1 Å². The third kappa shape index (κ3) is 1.29. The van der Waals surface area contributed by atoms with E-state index in [4.69, 9.17) is 10.2 Å². The largest absolute Gasteiger partial charge is 0.481 e. The van der Waals surface area contributed by atoms with E-state index in [0.29, 0.717) is 6.42 Å². The summed E-state index contributed by atoms with van der Waals surface area (Å²) in [5.41, 5.74) is 0. The Morgan fingerprint density at radius 3 is 1.71 bits per heavy atom. The Morgan fingerprint density at radius 2 is 1.36 bits per heavy atom. The number of carboxylic acids is 2. The van der Waals surface area contributed by atoms with Crippen molar-refractivity contribution in [3.63, 3.8) is 0 Å². The van der Waals surface area contributed by atoms with Crippen LogP contribution in [-0.4, -0.2) is 22.2 Å². The first-order valence-electron chi connectivity index (χ1n) is 5.07. The Hall–Kier alpha value is -1.06. The first-order valence-corrected chi connectivity index (χ1v) is 5.07. The predicted octanol–water partition coefficient (Wildman–Crippen LogP) is 1.21. The highest BCUT2D eigenvalue weighted by molar-refractivity contribution is 5.76. The molecule has 2 N–H and O–H groups in total. The Balaban J connectivity index is 2.19. The summed E-state index contributed by atoms with van der Waals surface area (Å²) in [5, 5.41) is 17.9. The van der Waals surface area contributed by atoms with Gasteiger partial charge in [-0.2, -0.15) is 0 Å². The van der Waals surface area contributed by atoms with Crippen LogP contribution in [0.2, 0.25) is 0 Å². The van der Waals surface area contributed by atoms with Crippen LogP contribution < -0.4 is 0 Å². The van der Waals surface area contributed by atoms with Gasteiger partial charge in [-0.25, -0.2) is 0 Å². The molecule has 0 amide bonds. The van der Waals surface area contributed by atoms with Crippen molar-refractivity contribution in [3.8, 4) is 0 Å². The van der Waals surface area contributed by atoms with Crippen molar-refractivity contribution in [1.29, 1.82) is 0 Å². The van der Waals surface area contributed by atoms with Gasteiger partial charge in [-0.3, -0.25) is 9.59 Å². The Kier molecular flexibility index (Phi) is 2.21. The maximum absolute atomic E-state index is 10.9. The van der Waals surface area contributed by atoms with E-state index in [0.717, 1.165) is 19.3 Å². The summed E-state index contributed by atoms with van der Waals surface area (Å²) in [6.07, 6.45) is 3.11. The van der Waals surface area contributed by atoms with Gasteiger partial charge in [0.1, 0.15) is 0 Å². The van der Waals surface area contributed by atoms with Crippen LogP contribution in [0.4, 0.5) is 0 Å². The molecule has 2 rings (SSSR count). The molecular weight excluding hydrogens is 184 g/mol. The van der Waals surface area contributed by atoms with Crippen LogP contribution in [0.25, 0.3) is 0 Å². The zero-order chi connectivity index (χ0) is 10.3. The average molecular weight is 198 g/mol. The number of carbonyl (C=O) groups is 2. The van der Waals surface area contributed by atoms with Crippen LogP contribution in [0.5, 0.6) is 0 Å².